The van der Waals surface area contributed by atoms with E-state index < -0.39 is 10.0 Å². The second kappa shape index (κ2) is 7.01. The zero-order valence-electron chi connectivity index (χ0n) is 14.9. The van der Waals surface area contributed by atoms with Crippen LogP contribution < -0.4 is 10.3 Å². The SMILES string of the molecule is CC(C)c1ccc(S(=O)(=O)NCc2nc3ccccc3c(=O)n2C)cc1. The second-order valence-corrected chi connectivity index (χ2v) is 8.22. The number of fused-ring (bicyclic) bond motifs is 1. The average molecular weight is 371 g/mol. The molecule has 136 valence electrons. The molecule has 26 heavy (non-hydrogen) atoms. The third kappa shape index (κ3) is 3.54. The van der Waals surface area contributed by atoms with Crippen LogP contribution >= 0.6 is 0 Å². The highest BCUT2D eigenvalue weighted by molar-refractivity contribution is 7.89. The van der Waals surface area contributed by atoms with Crippen molar-refractivity contribution in [2.75, 3.05) is 0 Å². The Kier molecular flexibility index (Phi) is 4.93. The molecule has 0 saturated heterocycles. The topological polar surface area (TPSA) is 81.1 Å². The van der Waals surface area contributed by atoms with Gasteiger partial charge in [-0.25, -0.2) is 18.1 Å². The zero-order valence-corrected chi connectivity index (χ0v) is 15.7. The summed E-state index contributed by atoms with van der Waals surface area (Å²) in [6, 6.07) is 13.8. The molecule has 7 heteroatoms. The van der Waals surface area contributed by atoms with Crippen molar-refractivity contribution >= 4 is 20.9 Å². The van der Waals surface area contributed by atoms with Crippen molar-refractivity contribution in [3.8, 4) is 0 Å². The Morgan fingerprint density at radius 2 is 1.73 bits per heavy atom. The van der Waals surface area contributed by atoms with E-state index in [1.165, 1.54) is 4.57 Å². The van der Waals surface area contributed by atoms with Gasteiger partial charge < -0.3 is 0 Å². The van der Waals surface area contributed by atoms with Crippen LogP contribution in [-0.4, -0.2) is 18.0 Å². The Hall–Kier alpha value is -2.51. The molecule has 0 amide bonds. The molecule has 0 fully saturated rings. The number of rotatable bonds is 5. The molecule has 3 aromatic rings. The Morgan fingerprint density at radius 3 is 2.38 bits per heavy atom. The fraction of sp³-hybridized carbons (Fsp3) is 0.263. The molecule has 0 aliphatic heterocycles. The zero-order chi connectivity index (χ0) is 18.9. The minimum atomic E-state index is -3.69. The average Bonchev–Trinajstić information content (AvgIpc) is 2.63. The number of nitrogens with zero attached hydrogens (tertiary/aromatic N) is 2. The lowest BCUT2D eigenvalue weighted by Crippen LogP contribution is -2.29. The highest BCUT2D eigenvalue weighted by atomic mass is 32.2. The molecule has 0 atom stereocenters. The molecule has 1 N–H and O–H groups in total. The highest BCUT2D eigenvalue weighted by Gasteiger charge is 2.16. The summed E-state index contributed by atoms with van der Waals surface area (Å²) in [7, 11) is -2.10. The normalized spacial score (nSPS) is 12.0. The van der Waals surface area contributed by atoms with Crippen molar-refractivity contribution in [1.29, 1.82) is 0 Å². The van der Waals surface area contributed by atoms with Gasteiger partial charge in [0, 0.05) is 7.05 Å². The van der Waals surface area contributed by atoms with Gasteiger partial charge in [0.05, 0.1) is 22.3 Å². The van der Waals surface area contributed by atoms with Gasteiger partial charge in [0.25, 0.3) is 5.56 Å². The molecule has 0 radical (unpaired) electrons. The van der Waals surface area contributed by atoms with Crippen LogP contribution in [0.1, 0.15) is 31.2 Å². The fourth-order valence-corrected chi connectivity index (χ4v) is 3.68. The minimum absolute atomic E-state index is 0.0646. The van der Waals surface area contributed by atoms with E-state index in [4.69, 9.17) is 0 Å². The Labute approximate surface area is 152 Å². The van der Waals surface area contributed by atoms with Crippen LogP contribution in [0.15, 0.2) is 58.2 Å². The maximum absolute atomic E-state index is 12.5. The number of nitrogens with one attached hydrogen (secondary N) is 1. The summed E-state index contributed by atoms with van der Waals surface area (Å²) in [6.07, 6.45) is 0. The summed E-state index contributed by atoms with van der Waals surface area (Å²) >= 11 is 0. The molecule has 6 nitrogen and oxygen atoms in total. The Balaban J connectivity index is 1.87. The van der Waals surface area contributed by atoms with E-state index in [0.717, 1.165) is 5.56 Å². The maximum atomic E-state index is 12.5. The van der Waals surface area contributed by atoms with Crippen LogP contribution in [-0.2, 0) is 23.6 Å². The molecule has 0 spiro atoms. The summed E-state index contributed by atoms with van der Waals surface area (Å²) < 4.78 is 28.9. The van der Waals surface area contributed by atoms with Gasteiger partial charge in [-0.3, -0.25) is 9.36 Å². The first-order valence-corrected chi connectivity index (χ1v) is 9.82. The van der Waals surface area contributed by atoms with Crippen LogP contribution in [0.2, 0.25) is 0 Å². The van der Waals surface area contributed by atoms with Gasteiger partial charge in [-0.1, -0.05) is 38.1 Å². The lowest BCUT2D eigenvalue weighted by molar-refractivity contribution is 0.576. The first kappa shape index (κ1) is 18.3. The van der Waals surface area contributed by atoms with Crippen molar-refractivity contribution < 1.29 is 8.42 Å². The molecule has 0 saturated carbocycles. The molecular formula is C19H21N3O3S. The van der Waals surface area contributed by atoms with Gasteiger partial charge in [-0.15, -0.1) is 0 Å². The number of para-hydroxylation sites is 1. The van der Waals surface area contributed by atoms with Crippen LogP contribution in [0.4, 0.5) is 0 Å². The largest absolute Gasteiger partial charge is 0.298 e. The fourth-order valence-electron chi connectivity index (χ4n) is 2.70. The molecule has 0 aliphatic rings. The van der Waals surface area contributed by atoms with Crippen LogP contribution in [0, 0.1) is 0 Å². The van der Waals surface area contributed by atoms with Gasteiger partial charge in [-0.2, -0.15) is 0 Å². The lowest BCUT2D eigenvalue weighted by atomic mass is 10.0. The predicted octanol–water partition coefficient (Wildman–Crippen LogP) is 2.54. The van der Waals surface area contributed by atoms with Gasteiger partial charge in [0.2, 0.25) is 10.0 Å². The van der Waals surface area contributed by atoms with Crippen molar-refractivity contribution in [3.05, 3.63) is 70.3 Å². The first-order valence-electron chi connectivity index (χ1n) is 8.34. The number of hydrogen-bond acceptors (Lipinski definition) is 4. The quantitative estimate of drug-likeness (QED) is 0.747. The number of aromatic nitrogens is 2. The monoisotopic (exact) mass is 371 g/mol. The standard InChI is InChI=1S/C19H21N3O3S/c1-13(2)14-8-10-15(11-9-14)26(24,25)20-12-18-21-17-7-5-4-6-16(17)19(23)22(18)3/h4-11,13,20H,12H2,1-3H3. The van der Waals surface area contributed by atoms with Gasteiger partial charge in [0.1, 0.15) is 5.82 Å². The van der Waals surface area contributed by atoms with Gasteiger partial charge >= 0.3 is 0 Å². The molecule has 2 aromatic carbocycles. The van der Waals surface area contributed by atoms with E-state index in [1.54, 1.807) is 43.4 Å². The van der Waals surface area contributed by atoms with E-state index in [0.29, 0.717) is 22.6 Å². The molecule has 3 rings (SSSR count). The van der Waals surface area contributed by atoms with E-state index in [9.17, 15) is 13.2 Å². The van der Waals surface area contributed by atoms with Crippen molar-refractivity contribution in [1.82, 2.24) is 14.3 Å². The smallest absolute Gasteiger partial charge is 0.261 e. The molecule has 1 heterocycles. The van der Waals surface area contributed by atoms with Crippen LogP contribution in [0.25, 0.3) is 10.9 Å². The number of benzene rings is 2. The number of sulfonamides is 1. The van der Waals surface area contributed by atoms with E-state index in [2.05, 4.69) is 9.71 Å². The second-order valence-electron chi connectivity index (χ2n) is 6.46. The molecule has 0 bridgehead atoms. The summed E-state index contributed by atoms with van der Waals surface area (Å²) in [5.74, 6) is 0.687. The summed E-state index contributed by atoms with van der Waals surface area (Å²) in [4.78, 5) is 17.0. The minimum Gasteiger partial charge on any atom is -0.298 e. The van der Waals surface area contributed by atoms with Crippen molar-refractivity contribution in [2.24, 2.45) is 7.05 Å². The van der Waals surface area contributed by atoms with Crippen molar-refractivity contribution in [2.45, 2.75) is 31.2 Å². The van der Waals surface area contributed by atoms with E-state index in [1.807, 2.05) is 26.0 Å². The van der Waals surface area contributed by atoms with Crippen LogP contribution in [0.5, 0.6) is 0 Å². The lowest BCUT2D eigenvalue weighted by Gasteiger charge is -2.11. The van der Waals surface area contributed by atoms with E-state index >= 15 is 0 Å². The van der Waals surface area contributed by atoms with Crippen LogP contribution in [0.3, 0.4) is 0 Å². The van der Waals surface area contributed by atoms with E-state index in [-0.39, 0.29) is 17.0 Å². The summed E-state index contributed by atoms with van der Waals surface area (Å²) in [5.41, 5.74) is 1.42. The summed E-state index contributed by atoms with van der Waals surface area (Å²) in [6.45, 7) is 4.03. The van der Waals surface area contributed by atoms with Crippen molar-refractivity contribution in [3.63, 3.8) is 0 Å². The Bertz CT molecular complexity index is 1100. The third-order valence-electron chi connectivity index (χ3n) is 4.35. The number of hydrogen-bond donors (Lipinski definition) is 1. The molecule has 0 aliphatic carbocycles. The maximum Gasteiger partial charge on any atom is 0.261 e. The summed E-state index contributed by atoms with van der Waals surface area (Å²) in [5, 5.41) is 0.505. The predicted molar refractivity (Wildman–Crippen MR) is 102 cm³/mol. The molecular weight excluding hydrogens is 350 g/mol. The molecule has 1 aromatic heterocycles. The highest BCUT2D eigenvalue weighted by Crippen LogP contribution is 2.17. The van der Waals surface area contributed by atoms with Gasteiger partial charge in [-0.05, 0) is 35.7 Å². The Morgan fingerprint density at radius 1 is 1.08 bits per heavy atom. The molecule has 0 unspecified atom stereocenters. The third-order valence-corrected chi connectivity index (χ3v) is 5.77. The first-order chi connectivity index (χ1) is 12.3. The van der Waals surface area contributed by atoms with Gasteiger partial charge in [0.15, 0.2) is 0 Å².